The number of halogens is 1. The summed E-state index contributed by atoms with van der Waals surface area (Å²) in [4.78, 5) is 1.93. The van der Waals surface area contributed by atoms with E-state index in [0.717, 1.165) is 6.54 Å². The second kappa shape index (κ2) is 6.46. The molecule has 2 fully saturated rings. The molecule has 7 heteroatoms. The maximum absolute atomic E-state index is 15.2. The zero-order valence-electron chi connectivity index (χ0n) is 14.6. The number of fused-ring (bicyclic) bond motifs is 1. The van der Waals surface area contributed by atoms with Crippen LogP contribution >= 0.6 is 0 Å². The molecule has 0 bridgehead atoms. The molecule has 2 N–H and O–H groups in total. The number of nitrogens with one attached hydrogen (secondary N) is 1. The molecule has 1 aliphatic heterocycles. The summed E-state index contributed by atoms with van der Waals surface area (Å²) in [5.41, 5.74) is 1.07. The van der Waals surface area contributed by atoms with E-state index in [4.69, 9.17) is 9.26 Å². The Bertz CT molecular complexity index is 765. The highest BCUT2D eigenvalue weighted by Gasteiger charge is 2.29. The summed E-state index contributed by atoms with van der Waals surface area (Å²) in [5, 5.41) is 17.6. The maximum Gasteiger partial charge on any atom is 0.206 e. The maximum atomic E-state index is 15.2. The number of aliphatic hydroxyl groups is 1. The van der Waals surface area contributed by atoms with Crippen molar-refractivity contribution < 1.29 is 18.8 Å². The van der Waals surface area contributed by atoms with Crippen LogP contribution in [0.1, 0.15) is 32.3 Å². The topological polar surface area (TPSA) is 70.8 Å². The minimum atomic E-state index is -0.463. The molecule has 0 unspecified atom stereocenters. The van der Waals surface area contributed by atoms with E-state index in [-0.39, 0.29) is 24.4 Å². The number of rotatable bonds is 5. The van der Waals surface area contributed by atoms with Gasteiger partial charge in [-0.25, -0.2) is 4.39 Å². The number of anilines is 2. The lowest BCUT2D eigenvalue weighted by Gasteiger charge is -2.37. The first kappa shape index (κ1) is 16.6. The number of hydrogen-bond donors (Lipinski definition) is 2. The molecule has 4 rings (SSSR count). The molecule has 1 saturated heterocycles. The number of nitrogens with zero attached hydrogens (tertiary/aromatic N) is 2. The van der Waals surface area contributed by atoms with Gasteiger partial charge in [0, 0.05) is 25.2 Å². The lowest BCUT2D eigenvalue weighted by atomic mass is 10.1. The molecule has 0 radical (unpaired) electrons. The van der Waals surface area contributed by atoms with Crippen molar-refractivity contribution in [3.8, 4) is 0 Å². The van der Waals surface area contributed by atoms with E-state index >= 15 is 4.39 Å². The Labute approximate surface area is 145 Å². The Morgan fingerprint density at radius 1 is 1.32 bits per heavy atom. The van der Waals surface area contributed by atoms with Crippen LogP contribution in [0.15, 0.2) is 10.6 Å². The first-order valence-corrected chi connectivity index (χ1v) is 8.92. The largest absolute Gasteiger partial charge is 0.392 e. The van der Waals surface area contributed by atoms with Crippen molar-refractivity contribution in [3.63, 3.8) is 0 Å². The van der Waals surface area contributed by atoms with Gasteiger partial charge in [0.2, 0.25) is 5.58 Å². The minimum Gasteiger partial charge on any atom is -0.392 e. The predicted octanol–water partition coefficient (Wildman–Crippen LogP) is 2.89. The number of aliphatic hydroxyl groups excluding tert-OH is 1. The van der Waals surface area contributed by atoms with Crippen molar-refractivity contribution in [1.29, 1.82) is 0 Å². The van der Waals surface area contributed by atoms with Crippen molar-refractivity contribution in [2.24, 2.45) is 5.92 Å². The summed E-state index contributed by atoms with van der Waals surface area (Å²) in [6.07, 6.45) is 2.43. The summed E-state index contributed by atoms with van der Waals surface area (Å²) >= 11 is 0. The molecule has 2 atom stereocenters. The molecule has 25 heavy (non-hydrogen) atoms. The van der Waals surface area contributed by atoms with Crippen LogP contribution in [0.4, 0.5) is 15.9 Å². The van der Waals surface area contributed by atoms with Gasteiger partial charge in [0.25, 0.3) is 0 Å². The molecule has 1 aromatic heterocycles. The third kappa shape index (κ3) is 3.18. The molecular weight excluding hydrogens is 325 g/mol. The Kier molecular flexibility index (Phi) is 4.29. The second-order valence-corrected chi connectivity index (χ2v) is 7.25. The predicted molar refractivity (Wildman–Crippen MR) is 93.3 cm³/mol. The van der Waals surface area contributed by atoms with Gasteiger partial charge in [-0.05, 0) is 38.7 Å². The van der Waals surface area contributed by atoms with Gasteiger partial charge in [0.05, 0.1) is 29.9 Å². The fourth-order valence-electron chi connectivity index (χ4n) is 3.59. The minimum absolute atomic E-state index is 0.00381. The Hall–Kier alpha value is -1.86. The molecule has 0 amide bonds. The molecule has 2 heterocycles. The van der Waals surface area contributed by atoms with E-state index in [9.17, 15) is 5.11 Å². The Balaban J connectivity index is 1.72. The van der Waals surface area contributed by atoms with Crippen molar-refractivity contribution in [2.45, 2.75) is 45.5 Å². The van der Waals surface area contributed by atoms with Crippen LogP contribution in [0, 0.1) is 11.7 Å². The highest BCUT2D eigenvalue weighted by atomic mass is 19.1. The van der Waals surface area contributed by atoms with Crippen LogP contribution in [-0.2, 0) is 11.3 Å². The summed E-state index contributed by atoms with van der Waals surface area (Å²) in [6, 6.07) is 1.78. The standard InChI is InChI=1S/C18H24FN3O3/c1-10-7-22(8-11(2)24-10)16-13(9-23)5-14-17(15(16)19)25-21-18(14)20-6-12-3-4-12/h5,10-12,23H,3-4,6-9H2,1-2H3,(H,20,21)/t10-,11+. The molecule has 1 aliphatic carbocycles. The summed E-state index contributed by atoms with van der Waals surface area (Å²) in [6.45, 7) is 5.65. The summed E-state index contributed by atoms with van der Waals surface area (Å²) in [5.74, 6) is 0.755. The van der Waals surface area contributed by atoms with Gasteiger partial charge in [-0.2, -0.15) is 0 Å². The normalized spacial score (nSPS) is 24.1. The zero-order chi connectivity index (χ0) is 17.6. The van der Waals surface area contributed by atoms with E-state index in [2.05, 4.69) is 10.5 Å². The average molecular weight is 349 g/mol. The highest BCUT2D eigenvalue weighted by molar-refractivity contribution is 5.92. The first-order chi connectivity index (χ1) is 12.1. The fraction of sp³-hybridized carbons (Fsp3) is 0.611. The number of hydrogen-bond acceptors (Lipinski definition) is 6. The highest BCUT2D eigenvalue weighted by Crippen LogP contribution is 2.37. The molecular formula is C18H24FN3O3. The SMILES string of the molecule is C[C@@H]1CN(c2c(CO)cc3c(NCC4CC4)noc3c2F)C[C@H](C)O1. The lowest BCUT2D eigenvalue weighted by Crippen LogP contribution is -2.46. The summed E-state index contributed by atoms with van der Waals surface area (Å²) < 4.78 is 26.2. The zero-order valence-corrected chi connectivity index (χ0v) is 14.6. The average Bonchev–Trinajstić information content (AvgIpc) is 3.31. The number of aromatic nitrogens is 1. The van der Waals surface area contributed by atoms with Crippen LogP contribution in [0.2, 0.25) is 0 Å². The van der Waals surface area contributed by atoms with E-state index in [1.807, 2.05) is 18.7 Å². The monoisotopic (exact) mass is 349 g/mol. The van der Waals surface area contributed by atoms with Crippen molar-refractivity contribution in [2.75, 3.05) is 29.9 Å². The van der Waals surface area contributed by atoms with Gasteiger partial charge >= 0.3 is 0 Å². The van der Waals surface area contributed by atoms with E-state index in [0.29, 0.717) is 41.5 Å². The molecule has 1 aromatic carbocycles. The number of morpholine rings is 1. The smallest absolute Gasteiger partial charge is 0.206 e. The van der Waals surface area contributed by atoms with Crippen LogP contribution in [0.5, 0.6) is 0 Å². The van der Waals surface area contributed by atoms with E-state index < -0.39 is 5.82 Å². The molecule has 2 aliphatic rings. The van der Waals surface area contributed by atoms with Gasteiger partial charge in [-0.3, -0.25) is 0 Å². The molecule has 136 valence electrons. The van der Waals surface area contributed by atoms with Gasteiger partial charge in [0.15, 0.2) is 11.6 Å². The van der Waals surface area contributed by atoms with Crippen molar-refractivity contribution in [3.05, 3.63) is 17.4 Å². The quantitative estimate of drug-likeness (QED) is 0.865. The third-order valence-corrected chi connectivity index (χ3v) is 4.92. The Morgan fingerprint density at radius 3 is 2.68 bits per heavy atom. The molecule has 0 spiro atoms. The van der Waals surface area contributed by atoms with Gasteiger partial charge in [-0.1, -0.05) is 5.16 Å². The molecule has 6 nitrogen and oxygen atoms in total. The van der Waals surface area contributed by atoms with Crippen LogP contribution in [0.3, 0.4) is 0 Å². The second-order valence-electron chi connectivity index (χ2n) is 7.25. The van der Waals surface area contributed by atoms with Gasteiger partial charge in [-0.15, -0.1) is 0 Å². The number of benzene rings is 1. The van der Waals surface area contributed by atoms with Crippen molar-refractivity contribution >= 4 is 22.5 Å². The Morgan fingerprint density at radius 2 is 2.04 bits per heavy atom. The van der Waals surface area contributed by atoms with E-state index in [1.165, 1.54) is 12.8 Å². The molecule has 1 saturated carbocycles. The van der Waals surface area contributed by atoms with Crippen molar-refractivity contribution in [1.82, 2.24) is 5.16 Å². The van der Waals surface area contributed by atoms with Gasteiger partial charge < -0.3 is 24.6 Å². The van der Waals surface area contributed by atoms with Crippen LogP contribution < -0.4 is 10.2 Å². The lowest BCUT2D eigenvalue weighted by molar-refractivity contribution is -0.00549. The fourth-order valence-corrected chi connectivity index (χ4v) is 3.59. The van der Waals surface area contributed by atoms with E-state index in [1.54, 1.807) is 6.07 Å². The van der Waals surface area contributed by atoms with Crippen LogP contribution in [-0.4, -0.2) is 42.1 Å². The summed E-state index contributed by atoms with van der Waals surface area (Å²) in [7, 11) is 0. The third-order valence-electron chi connectivity index (χ3n) is 4.92. The first-order valence-electron chi connectivity index (χ1n) is 8.92. The van der Waals surface area contributed by atoms with Gasteiger partial charge in [0.1, 0.15) is 0 Å². The number of ether oxygens (including phenoxy) is 1. The molecule has 2 aromatic rings. The van der Waals surface area contributed by atoms with Crippen LogP contribution in [0.25, 0.3) is 11.0 Å².